The number of phenolic OH excluding ortho intramolecular Hbond substituents is 1. The molecule has 3 aromatic rings. The molecule has 10 heteroatoms. The number of anilines is 1. The molecule has 4 rings (SSSR count). The van der Waals surface area contributed by atoms with Gasteiger partial charge in [-0.05, 0) is 41.0 Å². The van der Waals surface area contributed by atoms with Crippen molar-refractivity contribution < 1.29 is 19.4 Å². The van der Waals surface area contributed by atoms with Crippen LogP contribution in [0.2, 0.25) is 0 Å². The molecule has 8 nitrogen and oxygen atoms in total. The molecule has 3 aromatic carbocycles. The van der Waals surface area contributed by atoms with Crippen LogP contribution in [0.3, 0.4) is 0 Å². The third-order valence-electron chi connectivity index (χ3n) is 6.68. The van der Waals surface area contributed by atoms with Gasteiger partial charge in [-0.25, -0.2) is 4.79 Å². The molecule has 1 saturated heterocycles. The predicted molar refractivity (Wildman–Crippen MR) is 162 cm³/mol. The highest BCUT2D eigenvalue weighted by Crippen LogP contribution is 2.18. The van der Waals surface area contributed by atoms with Crippen LogP contribution in [0.5, 0.6) is 5.75 Å². The molecule has 1 aliphatic heterocycles. The molecule has 216 valence electrons. The summed E-state index contributed by atoms with van der Waals surface area (Å²) in [6, 6.07) is 24.8. The van der Waals surface area contributed by atoms with Gasteiger partial charge in [-0.15, -0.1) is 24.8 Å². The fraction of sp³-hybridized carbons (Fsp3) is 0.333. The fourth-order valence-corrected chi connectivity index (χ4v) is 4.36. The first-order valence-corrected chi connectivity index (χ1v) is 12.9. The zero-order valence-electron chi connectivity index (χ0n) is 22.9. The molecule has 0 unspecified atom stereocenters. The van der Waals surface area contributed by atoms with Gasteiger partial charge in [0.05, 0.1) is 6.54 Å². The highest BCUT2D eigenvalue weighted by atomic mass is 35.5. The first-order chi connectivity index (χ1) is 18.4. The van der Waals surface area contributed by atoms with E-state index in [9.17, 15) is 14.7 Å². The van der Waals surface area contributed by atoms with Crippen LogP contribution < -0.4 is 4.90 Å². The first-order valence-electron chi connectivity index (χ1n) is 12.9. The molecular formula is C30H38Cl2N4O4. The third kappa shape index (κ3) is 9.62. The summed E-state index contributed by atoms with van der Waals surface area (Å²) in [4.78, 5) is 33.6. The minimum absolute atomic E-state index is 0. The van der Waals surface area contributed by atoms with Gasteiger partial charge in [-0.3, -0.25) is 9.69 Å². The summed E-state index contributed by atoms with van der Waals surface area (Å²) in [6.07, 6.45) is -0.324. The maximum Gasteiger partial charge on any atom is 0.410 e. The molecule has 0 radical (unpaired) electrons. The van der Waals surface area contributed by atoms with Crippen molar-refractivity contribution in [1.29, 1.82) is 0 Å². The van der Waals surface area contributed by atoms with Crippen LogP contribution in [0.25, 0.3) is 0 Å². The van der Waals surface area contributed by atoms with Crippen molar-refractivity contribution >= 4 is 42.5 Å². The lowest BCUT2D eigenvalue weighted by Gasteiger charge is -2.35. The van der Waals surface area contributed by atoms with E-state index >= 15 is 0 Å². The van der Waals surface area contributed by atoms with Gasteiger partial charge in [0.25, 0.3) is 0 Å². The summed E-state index contributed by atoms with van der Waals surface area (Å²) in [5.74, 6) is 0.223. The SMILES string of the molecule is CN(C)c1ccc(CN(Cc2ccc(O)cc2)C(=O)CN2CCN(C(=O)OCc3ccccc3)CC2)cc1.Cl.Cl. The largest absolute Gasteiger partial charge is 0.508 e. The van der Waals surface area contributed by atoms with Gasteiger partial charge >= 0.3 is 6.09 Å². The van der Waals surface area contributed by atoms with Crippen molar-refractivity contribution in [3.8, 4) is 5.75 Å². The first kappa shape index (κ1) is 32.8. The van der Waals surface area contributed by atoms with E-state index in [2.05, 4.69) is 17.0 Å². The van der Waals surface area contributed by atoms with Gasteiger partial charge in [-0.1, -0.05) is 54.6 Å². The second-order valence-corrected chi connectivity index (χ2v) is 9.78. The van der Waals surface area contributed by atoms with Crippen molar-refractivity contribution in [2.24, 2.45) is 0 Å². The van der Waals surface area contributed by atoms with Gasteiger partial charge in [-0.2, -0.15) is 0 Å². The number of ether oxygens (including phenoxy) is 1. The van der Waals surface area contributed by atoms with Crippen LogP contribution in [0.15, 0.2) is 78.9 Å². The van der Waals surface area contributed by atoms with Crippen molar-refractivity contribution in [2.75, 3.05) is 51.7 Å². The maximum atomic E-state index is 13.5. The van der Waals surface area contributed by atoms with Gasteiger partial charge < -0.3 is 24.5 Å². The average Bonchev–Trinajstić information content (AvgIpc) is 2.93. The van der Waals surface area contributed by atoms with Gasteiger partial charge in [0, 0.05) is 59.1 Å². The Hall–Kier alpha value is -3.46. The van der Waals surface area contributed by atoms with Gasteiger partial charge in [0.1, 0.15) is 12.4 Å². The number of amides is 2. The Morgan fingerprint density at radius 1 is 0.775 bits per heavy atom. The number of hydrogen-bond donors (Lipinski definition) is 1. The summed E-state index contributed by atoms with van der Waals surface area (Å²) in [7, 11) is 4.00. The number of carbonyl (C=O) groups excluding carboxylic acids is 2. The van der Waals surface area contributed by atoms with Crippen LogP contribution >= 0.6 is 24.8 Å². The van der Waals surface area contributed by atoms with E-state index in [4.69, 9.17) is 4.74 Å². The minimum atomic E-state index is -0.324. The van der Waals surface area contributed by atoms with E-state index in [-0.39, 0.29) is 55.7 Å². The number of rotatable bonds is 9. The van der Waals surface area contributed by atoms with Crippen LogP contribution in [-0.2, 0) is 29.2 Å². The lowest BCUT2D eigenvalue weighted by atomic mass is 10.1. The second-order valence-electron chi connectivity index (χ2n) is 9.78. The highest BCUT2D eigenvalue weighted by Gasteiger charge is 2.25. The monoisotopic (exact) mass is 588 g/mol. The maximum absolute atomic E-state index is 13.5. The Kier molecular flexibility index (Phi) is 13.1. The summed E-state index contributed by atoms with van der Waals surface area (Å²) in [6.45, 7) is 3.71. The molecule has 40 heavy (non-hydrogen) atoms. The molecule has 2 amide bonds. The average molecular weight is 590 g/mol. The summed E-state index contributed by atoms with van der Waals surface area (Å²) < 4.78 is 5.46. The van der Waals surface area contributed by atoms with Crippen molar-refractivity contribution in [2.45, 2.75) is 19.7 Å². The van der Waals surface area contributed by atoms with E-state index in [1.54, 1.807) is 17.0 Å². The third-order valence-corrected chi connectivity index (χ3v) is 6.68. The fourth-order valence-electron chi connectivity index (χ4n) is 4.36. The Morgan fingerprint density at radius 3 is 1.88 bits per heavy atom. The summed E-state index contributed by atoms with van der Waals surface area (Å²) in [5.41, 5.74) is 4.06. The van der Waals surface area contributed by atoms with Gasteiger partial charge in [0.2, 0.25) is 5.91 Å². The molecule has 1 N–H and O–H groups in total. The zero-order valence-corrected chi connectivity index (χ0v) is 24.6. The topological polar surface area (TPSA) is 76.6 Å². The normalized spacial score (nSPS) is 13.0. The molecule has 0 aromatic heterocycles. The number of halogens is 2. The van der Waals surface area contributed by atoms with E-state index in [1.165, 1.54) is 0 Å². The number of carbonyl (C=O) groups is 2. The Balaban J connectivity index is 0.00000280. The molecule has 0 bridgehead atoms. The van der Waals surface area contributed by atoms with E-state index < -0.39 is 0 Å². The standard InChI is InChI=1S/C30H36N4O4.2ClH/c1-31(2)27-12-8-24(9-13-27)20-34(21-25-10-14-28(35)15-11-25)29(36)22-32-16-18-33(19-17-32)30(37)38-23-26-6-4-3-5-7-26;;/h3-15,35H,16-23H2,1-2H3;2*1H. The number of nitrogens with zero attached hydrogens (tertiary/aromatic N) is 4. The Morgan fingerprint density at radius 2 is 1.32 bits per heavy atom. The van der Waals surface area contributed by atoms with Crippen LogP contribution in [0.4, 0.5) is 10.5 Å². The lowest BCUT2D eigenvalue weighted by Crippen LogP contribution is -2.51. The van der Waals surface area contributed by atoms with Crippen LogP contribution in [0.1, 0.15) is 16.7 Å². The number of benzene rings is 3. The number of aromatic hydroxyl groups is 1. The zero-order chi connectivity index (χ0) is 26.9. The van der Waals surface area contributed by atoms with Crippen LogP contribution in [0, 0.1) is 0 Å². The molecule has 0 atom stereocenters. The minimum Gasteiger partial charge on any atom is -0.508 e. The molecular weight excluding hydrogens is 551 g/mol. The number of piperazine rings is 1. The van der Waals surface area contributed by atoms with Crippen molar-refractivity contribution in [3.05, 3.63) is 95.6 Å². The smallest absolute Gasteiger partial charge is 0.410 e. The molecule has 0 spiro atoms. The van der Waals surface area contributed by atoms with Crippen molar-refractivity contribution in [1.82, 2.24) is 14.7 Å². The molecule has 1 heterocycles. The summed E-state index contributed by atoms with van der Waals surface area (Å²) in [5, 5.41) is 9.65. The van der Waals surface area contributed by atoms with Crippen LogP contribution in [-0.4, -0.2) is 78.6 Å². The molecule has 1 aliphatic rings. The lowest BCUT2D eigenvalue weighted by molar-refractivity contribution is -0.134. The summed E-state index contributed by atoms with van der Waals surface area (Å²) >= 11 is 0. The highest BCUT2D eigenvalue weighted by molar-refractivity contribution is 5.85. The molecule has 1 fully saturated rings. The van der Waals surface area contributed by atoms with Crippen molar-refractivity contribution in [3.63, 3.8) is 0 Å². The Labute approximate surface area is 248 Å². The molecule has 0 saturated carbocycles. The van der Waals surface area contributed by atoms with Gasteiger partial charge in [0.15, 0.2) is 0 Å². The van der Waals surface area contributed by atoms with E-state index in [1.807, 2.05) is 78.5 Å². The number of hydrogen-bond acceptors (Lipinski definition) is 6. The van der Waals surface area contributed by atoms with E-state index in [0.29, 0.717) is 39.3 Å². The number of phenols is 1. The molecule has 0 aliphatic carbocycles. The second kappa shape index (κ2) is 16.0. The predicted octanol–water partition coefficient (Wildman–Crippen LogP) is 4.79. The quantitative estimate of drug-likeness (QED) is 0.387. The van der Waals surface area contributed by atoms with E-state index in [0.717, 1.165) is 22.4 Å². The Bertz CT molecular complexity index is 1190.